The third kappa shape index (κ3) is 4.19. The van der Waals surface area contributed by atoms with Crippen LogP contribution < -0.4 is 5.73 Å². The monoisotopic (exact) mass is 282 g/mol. The molecule has 1 amide bonds. The summed E-state index contributed by atoms with van der Waals surface area (Å²) < 4.78 is 6.01. The third-order valence-corrected chi connectivity index (χ3v) is 5.02. The number of nitrogens with zero attached hydrogens (tertiary/aromatic N) is 1. The lowest BCUT2D eigenvalue weighted by Gasteiger charge is -2.38. The Morgan fingerprint density at radius 3 is 2.35 bits per heavy atom. The molecule has 0 aromatic carbocycles. The fourth-order valence-corrected chi connectivity index (χ4v) is 3.32. The fraction of sp³-hybridized carbons (Fsp3) is 0.938. The highest BCUT2D eigenvalue weighted by Gasteiger charge is 2.34. The summed E-state index contributed by atoms with van der Waals surface area (Å²) in [7, 11) is 0. The normalized spacial score (nSPS) is 31.9. The van der Waals surface area contributed by atoms with Gasteiger partial charge in [-0.1, -0.05) is 19.8 Å². The van der Waals surface area contributed by atoms with Crippen LogP contribution in [0.15, 0.2) is 0 Å². The number of nitrogens with two attached hydrogens (primary N) is 1. The number of carbonyl (C=O) groups excluding carboxylic acids is 1. The van der Waals surface area contributed by atoms with Gasteiger partial charge in [0, 0.05) is 19.6 Å². The van der Waals surface area contributed by atoms with Gasteiger partial charge in [-0.05, 0) is 44.4 Å². The zero-order chi connectivity index (χ0) is 14.4. The summed E-state index contributed by atoms with van der Waals surface area (Å²) in [6, 6.07) is 0. The zero-order valence-corrected chi connectivity index (χ0v) is 12.9. The topological polar surface area (TPSA) is 55.6 Å². The Morgan fingerprint density at radius 2 is 1.80 bits per heavy atom. The molecule has 0 radical (unpaired) electrons. The van der Waals surface area contributed by atoms with E-state index in [0.717, 1.165) is 57.5 Å². The summed E-state index contributed by atoms with van der Waals surface area (Å²) >= 11 is 0. The highest BCUT2D eigenvalue weighted by molar-refractivity contribution is 5.77. The van der Waals surface area contributed by atoms with Crippen molar-refractivity contribution in [3.8, 4) is 0 Å². The molecule has 1 saturated heterocycles. The van der Waals surface area contributed by atoms with E-state index in [4.69, 9.17) is 10.5 Å². The molecular formula is C16H30N2O2. The van der Waals surface area contributed by atoms with Crippen molar-refractivity contribution in [1.82, 2.24) is 4.90 Å². The minimum absolute atomic E-state index is 0.151. The summed E-state index contributed by atoms with van der Waals surface area (Å²) in [4.78, 5) is 14.3. The molecule has 20 heavy (non-hydrogen) atoms. The summed E-state index contributed by atoms with van der Waals surface area (Å²) in [5.41, 5.74) is 5.68. The molecule has 1 aliphatic heterocycles. The van der Waals surface area contributed by atoms with E-state index in [2.05, 4.69) is 6.92 Å². The summed E-state index contributed by atoms with van der Waals surface area (Å²) in [5.74, 6) is 0.915. The van der Waals surface area contributed by atoms with Crippen molar-refractivity contribution in [3.63, 3.8) is 0 Å². The van der Waals surface area contributed by atoms with Gasteiger partial charge in [-0.2, -0.15) is 0 Å². The van der Waals surface area contributed by atoms with Gasteiger partial charge in [0.05, 0.1) is 5.60 Å². The smallest absolute Gasteiger partial charge is 0.248 e. The second-order valence-electron chi connectivity index (χ2n) is 6.65. The molecule has 2 fully saturated rings. The number of hydrogen-bond donors (Lipinski definition) is 1. The molecule has 1 aliphatic carbocycles. The Hall–Kier alpha value is -0.610. The number of carbonyl (C=O) groups is 1. The first-order chi connectivity index (χ1) is 9.65. The first kappa shape index (κ1) is 15.8. The molecule has 116 valence electrons. The van der Waals surface area contributed by atoms with Crippen molar-refractivity contribution in [2.75, 3.05) is 26.2 Å². The number of rotatable bonds is 4. The first-order valence-electron chi connectivity index (χ1n) is 8.27. The van der Waals surface area contributed by atoms with Crippen molar-refractivity contribution < 1.29 is 9.53 Å². The number of amides is 1. The van der Waals surface area contributed by atoms with Crippen molar-refractivity contribution in [3.05, 3.63) is 0 Å². The number of hydrogen-bond acceptors (Lipinski definition) is 3. The maximum Gasteiger partial charge on any atom is 0.248 e. The lowest BCUT2D eigenvalue weighted by atomic mass is 9.79. The van der Waals surface area contributed by atoms with E-state index >= 15 is 0 Å². The molecule has 1 saturated carbocycles. The minimum atomic E-state index is -0.242. The van der Waals surface area contributed by atoms with Gasteiger partial charge in [0.2, 0.25) is 5.91 Å². The Balaban J connectivity index is 1.81. The molecule has 2 rings (SSSR count). The largest absolute Gasteiger partial charge is 0.364 e. The lowest BCUT2D eigenvalue weighted by Crippen LogP contribution is -2.46. The summed E-state index contributed by atoms with van der Waals surface area (Å²) in [5, 5.41) is 0. The van der Waals surface area contributed by atoms with Gasteiger partial charge in [-0.3, -0.25) is 4.79 Å². The molecular weight excluding hydrogens is 252 g/mol. The average molecular weight is 282 g/mol. The van der Waals surface area contributed by atoms with Gasteiger partial charge in [0.15, 0.2) is 0 Å². The molecule has 2 N–H and O–H groups in total. The van der Waals surface area contributed by atoms with Gasteiger partial charge in [0.1, 0.15) is 6.61 Å². The molecule has 0 spiro atoms. The second-order valence-corrected chi connectivity index (χ2v) is 6.65. The van der Waals surface area contributed by atoms with Crippen LogP contribution in [0, 0.1) is 5.92 Å². The second kappa shape index (κ2) is 7.41. The third-order valence-electron chi connectivity index (χ3n) is 5.02. The summed E-state index contributed by atoms with van der Waals surface area (Å²) in [6.45, 7) is 4.82. The predicted octanol–water partition coefficient (Wildman–Crippen LogP) is 2.31. The Kier molecular flexibility index (Phi) is 5.85. The van der Waals surface area contributed by atoms with E-state index in [9.17, 15) is 4.79 Å². The van der Waals surface area contributed by atoms with Gasteiger partial charge >= 0.3 is 0 Å². The van der Waals surface area contributed by atoms with Gasteiger partial charge in [0.25, 0.3) is 0 Å². The predicted molar refractivity (Wildman–Crippen MR) is 80.4 cm³/mol. The van der Waals surface area contributed by atoms with Crippen molar-refractivity contribution in [1.29, 1.82) is 0 Å². The Labute approximate surface area is 123 Å². The molecule has 0 atom stereocenters. The van der Waals surface area contributed by atoms with E-state index in [-0.39, 0.29) is 18.1 Å². The number of ether oxygens (including phenoxy) is 1. The highest BCUT2D eigenvalue weighted by atomic mass is 16.5. The standard InChI is InChI=1S/C16H30N2O2/c1-14-6-8-16(13-17,9-7-14)20-12-15(19)18-10-4-2-3-5-11-18/h14H,2-13,17H2,1H3. The van der Waals surface area contributed by atoms with Crippen LogP contribution in [0.5, 0.6) is 0 Å². The van der Waals surface area contributed by atoms with Gasteiger partial charge < -0.3 is 15.4 Å². The molecule has 2 aliphatic rings. The van der Waals surface area contributed by atoms with Crippen LogP contribution in [0.4, 0.5) is 0 Å². The lowest BCUT2D eigenvalue weighted by molar-refractivity contribution is -0.146. The van der Waals surface area contributed by atoms with Crippen molar-refractivity contribution in [2.24, 2.45) is 11.7 Å². The van der Waals surface area contributed by atoms with Crippen LogP contribution in [-0.4, -0.2) is 42.6 Å². The first-order valence-corrected chi connectivity index (χ1v) is 8.27. The highest BCUT2D eigenvalue weighted by Crippen LogP contribution is 2.34. The number of likely N-dealkylation sites (tertiary alicyclic amines) is 1. The van der Waals surface area contributed by atoms with E-state index in [1.54, 1.807) is 0 Å². The zero-order valence-electron chi connectivity index (χ0n) is 12.9. The maximum absolute atomic E-state index is 12.3. The van der Waals surface area contributed by atoms with Crippen molar-refractivity contribution in [2.45, 2.75) is 63.9 Å². The Morgan fingerprint density at radius 1 is 1.20 bits per heavy atom. The van der Waals surface area contributed by atoms with Crippen LogP contribution in [0.1, 0.15) is 58.3 Å². The van der Waals surface area contributed by atoms with E-state index < -0.39 is 0 Å². The maximum atomic E-state index is 12.3. The molecule has 0 aromatic heterocycles. The fourth-order valence-electron chi connectivity index (χ4n) is 3.32. The van der Waals surface area contributed by atoms with Crippen LogP contribution in [0.3, 0.4) is 0 Å². The average Bonchev–Trinajstić information content (AvgIpc) is 2.76. The summed E-state index contributed by atoms with van der Waals surface area (Å²) in [6.07, 6.45) is 9.07. The van der Waals surface area contributed by atoms with Crippen LogP contribution in [0.2, 0.25) is 0 Å². The van der Waals surface area contributed by atoms with Gasteiger partial charge in [-0.25, -0.2) is 0 Å². The van der Waals surface area contributed by atoms with E-state index in [0.29, 0.717) is 6.54 Å². The van der Waals surface area contributed by atoms with Crippen LogP contribution in [0.25, 0.3) is 0 Å². The van der Waals surface area contributed by atoms with E-state index in [1.165, 1.54) is 12.8 Å². The van der Waals surface area contributed by atoms with E-state index in [1.807, 2.05) is 4.90 Å². The molecule has 4 heteroatoms. The van der Waals surface area contributed by atoms with Crippen molar-refractivity contribution >= 4 is 5.91 Å². The SMILES string of the molecule is CC1CCC(CN)(OCC(=O)N2CCCCCC2)CC1. The quantitative estimate of drug-likeness (QED) is 0.861. The molecule has 0 aromatic rings. The molecule has 4 nitrogen and oxygen atoms in total. The Bertz CT molecular complexity index is 304. The molecule has 0 unspecified atom stereocenters. The van der Waals surface area contributed by atoms with Crippen LogP contribution >= 0.6 is 0 Å². The van der Waals surface area contributed by atoms with Crippen LogP contribution in [-0.2, 0) is 9.53 Å². The minimum Gasteiger partial charge on any atom is -0.364 e. The molecule has 0 bridgehead atoms. The van der Waals surface area contributed by atoms with Gasteiger partial charge in [-0.15, -0.1) is 0 Å². The molecule has 1 heterocycles.